The quantitative estimate of drug-likeness (QED) is 0.532. The Kier molecular flexibility index (Phi) is 5.85. The van der Waals surface area contributed by atoms with Crippen LogP contribution < -0.4 is 4.74 Å². The number of methoxy groups -OCH3 is 2. The van der Waals surface area contributed by atoms with Gasteiger partial charge in [-0.3, -0.25) is 4.90 Å². The van der Waals surface area contributed by atoms with E-state index in [1.807, 2.05) is 23.5 Å². The lowest BCUT2D eigenvalue weighted by molar-refractivity contribution is -0.225. The van der Waals surface area contributed by atoms with Crippen LogP contribution in [-0.2, 0) is 28.0 Å². The Morgan fingerprint density at radius 2 is 1.77 bits per heavy atom. The van der Waals surface area contributed by atoms with Crippen molar-refractivity contribution in [3.63, 3.8) is 0 Å². The van der Waals surface area contributed by atoms with Crippen LogP contribution in [0, 0.1) is 0 Å². The number of hydrogen-bond acceptors (Lipinski definition) is 5. The molecule has 1 unspecified atom stereocenters. The molecule has 162 valence electrons. The van der Waals surface area contributed by atoms with Crippen molar-refractivity contribution in [2.75, 3.05) is 27.3 Å². The van der Waals surface area contributed by atoms with Gasteiger partial charge in [0.05, 0.1) is 7.11 Å². The standard InChI is InChI=1S/C26H29NO3S/c1-28-21-10-8-20(9-11-21)23-18-31-25-22(23)16-24(29-2)30-26(25)12-14-27(15-13-26)17-19-6-4-3-5-7-19/h3-11,18,24H,12-17H2,1-2H3. The average molecular weight is 436 g/mol. The molecule has 5 rings (SSSR count). The molecule has 0 radical (unpaired) electrons. The van der Waals surface area contributed by atoms with Gasteiger partial charge in [0.25, 0.3) is 0 Å². The van der Waals surface area contributed by atoms with E-state index in [1.165, 1.54) is 27.1 Å². The first-order valence-electron chi connectivity index (χ1n) is 10.9. The molecule has 1 fully saturated rings. The first-order valence-corrected chi connectivity index (χ1v) is 11.8. The Bertz CT molecular complexity index is 1010. The van der Waals surface area contributed by atoms with Gasteiger partial charge in [0.15, 0.2) is 6.29 Å². The summed E-state index contributed by atoms with van der Waals surface area (Å²) < 4.78 is 17.7. The molecule has 0 N–H and O–H groups in total. The predicted octanol–water partition coefficient (Wildman–Crippen LogP) is 5.46. The van der Waals surface area contributed by atoms with Gasteiger partial charge >= 0.3 is 0 Å². The second kappa shape index (κ2) is 8.75. The van der Waals surface area contributed by atoms with Gasteiger partial charge in [-0.15, -0.1) is 11.3 Å². The molecule has 1 atom stereocenters. The van der Waals surface area contributed by atoms with E-state index in [9.17, 15) is 0 Å². The molecule has 3 heterocycles. The molecule has 0 aliphatic carbocycles. The molecule has 1 saturated heterocycles. The van der Waals surface area contributed by atoms with Crippen molar-refractivity contribution in [2.24, 2.45) is 0 Å². The summed E-state index contributed by atoms with van der Waals surface area (Å²) in [6.07, 6.45) is 2.59. The Labute approximate surface area is 188 Å². The van der Waals surface area contributed by atoms with Crippen LogP contribution in [0.25, 0.3) is 11.1 Å². The summed E-state index contributed by atoms with van der Waals surface area (Å²) >= 11 is 1.85. The van der Waals surface area contributed by atoms with Crippen molar-refractivity contribution in [3.8, 4) is 16.9 Å². The number of thiophene rings is 1. The highest BCUT2D eigenvalue weighted by molar-refractivity contribution is 7.10. The smallest absolute Gasteiger partial charge is 0.162 e. The molecule has 2 aliphatic heterocycles. The molecule has 5 heteroatoms. The SMILES string of the molecule is COc1ccc(-c2csc3c2CC(OC)OC32CCN(Cc3ccccc3)CC2)cc1. The number of likely N-dealkylation sites (tertiary alicyclic amines) is 1. The summed E-state index contributed by atoms with van der Waals surface area (Å²) in [6.45, 7) is 3.06. The van der Waals surface area contributed by atoms with Crippen molar-refractivity contribution < 1.29 is 14.2 Å². The van der Waals surface area contributed by atoms with E-state index in [4.69, 9.17) is 14.2 Å². The van der Waals surface area contributed by atoms with Crippen LogP contribution in [0.1, 0.15) is 28.8 Å². The second-order valence-corrected chi connectivity index (χ2v) is 9.31. The predicted molar refractivity (Wildman–Crippen MR) is 125 cm³/mol. The number of benzene rings is 2. The summed E-state index contributed by atoms with van der Waals surface area (Å²) in [4.78, 5) is 3.93. The highest BCUT2D eigenvalue weighted by atomic mass is 32.1. The molecular formula is C26H29NO3S. The molecule has 2 aromatic carbocycles. The minimum Gasteiger partial charge on any atom is -0.497 e. The van der Waals surface area contributed by atoms with Crippen molar-refractivity contribution in [2.45, 2.75) is 37.7 Å². The lowest BCUT2D eigenvalue weighted by atomic mass is 9.83. The van der Waals surface area contributed by atoms with Crippen LogP contribution in [0.4, 0.5) is 0 Å². The Morgan fingerprint density at radius 3 is 2.45 bits per heavy atom. The van der Waals surface area contributed by atoms with E-state index in [1.54, 1.807) is 14.2 Å². The van der Waals surface area contributed by atoms with Gasteiger partial charge in [0.1, 0.15) is 11.4 Å². The van der Waals surface area contributed by atoms with Crippen LogP contribution in [0.5, 0.6) is 5.75 Å². The highest BCUT2D eigenvalue weighted by Gasteiger charge is 2.45. The molecule has 0 saturated carbocycles. The summed E-state index contributed by atoms with van der Waals surface area (Å²) in [5, 5.41) is 2.30. The molecule has 1 spiro atoms. The summed E-state index contributed by atoms with van der Waals surface area (Å²) in [5.41, 5.74) is 5.06. The van der Waals surface area contributed by atoms with E-state index >= 15 is 0 Å². The fourth-order valence-corrected chi connectivity index (χ4v) is 6.20. The summed E-state index contributed by atoms with van der Waals surface area (Å²) in [6, 6.07) is 19.1. The minimum atomic E-state index is -0.239. The van der Waals surface area contributed by atoms with Crippen LogP contribution in [-0.4, -0.2) is 38.5 Å². The average Bonchev–Trinajstić information content (AvgIpc) is 3.26. The van der Waals surface area contributed by atoms with E-state index in [0.717, 1.165) is 44.6 Å². The molecular weight excluding hydrogens is 406 g/mol. The van der Waals surface area contributed by atoms with Gasteiger partial charge in [-0.25, -0.2) is 0 Å². The summed E-state index contributed by atoms with van der Waals surface area (Å²) in [7, 11) is 3.46. The Hall–Kier alpha value is -2.18. The van der Waals surface area contributed by atoms with Crippen LogP contribution in [0.3, 0.4) is 0 Å². The third-order valence-corrected chi connectivity index (χ3v) is 7.82. The second-order valence-electron chi connectivity index (χ2n) is 8.43. The number of nitrogens with zero attached hydrogens (tertiary/aromatic N) is 1. The van der Waals surface area contributed by atoms with Gasteiger partial charge in [0.2, 0.25) is 0 Å². The zero-order chi connectivity index (χ0) is 21.3. The molecule has 1 aromatic heterocycles. The lowest BCUT2D eigenvalue weighted by Gasteiger charge is -2.46. The van der Waals surface area contributed by atoms with E-state index in [0.29, 0.717) is 0 Å². The zero-order valence-electron chi connectivity index (χ0n) is 18.2. The monoisotopic (exact) mass is 435 g/mol. The first kappa shape index (κ1) is 20.7. The topological polar surface area (TPSA) is 30.9 Å². The largest absolute Gasteiger partial charge is 0.497 e. The van der Waals surface area contributed by atoms with E-state index in [-0.39, 0.29) is 11.9 Å². The third-order valence-electron chi connectivity index (χ3n) is 6.61. The van der Waals surface area contributed by atoms with Crippen molar-refractivity contribution >= 4 is 11.3 Å². The number of piperidine rings is 1. The van der Waals surface area contributed by atoms with Gasteiger partial charge in [-0.2, -0.15) is 0 Å². The lowest BCUT2D eigenvalue weighted by Crippen LogP contribution is -2.48. The maximum absolute atomic E-state index is 6.62. The molecule has 4 nitrogen and oxygen atoms in total. The molecule has 31 heavy (non-hydrogen) atoms. The number of fused-ring (bicyclic) bond motifs is 2. The fourth-order valence-electron chi connectivity index (χ4n) is 4.88. The Morgan fingerprint density at radius 1 is 1.03 bits per heavy atom. The maximum Gasteiger partial charge on any atom is 0.162 e. The van der Waals surface area contributed by atoms with Crippen molar-refractivity contribution in [3.05, 3.63) is 76.0 Å². The van der Waals surface area contributed by atoms with E-state index < -0.39 is 0 Å². The highest BCUT2D eigenvalue weighted by Crippen LogP contribution is 2.49. The molecule has 0 bridgehead atoms. The van der Waals surface area contributed by atoms with Gasteiger partial charge < -0.3 is 14.2 Å². The molecule has 2 aliphatic rings. The van der Waals surface area contributed by atoms with Crippen LogP contribution >= 0.6 is 11.3 Å². The number of ether oxygens (including phenoxy) is 3. The number of hydrogen-bond donors (Lipinski definition) is 0. The molecule has 0 amide bonds. The zero-order valence-corrected chi connectivity index (χ0v) is 19.0. The van der Waals surface area contributed by atoms with E-state index in [2.05, 4.69) is 52.7 Å². The maximum atomic E-state index is 6.62. The third kappa shape index (κ3) is 4.03. The normalized spacial score (nSPS) is 20.5. The van der Waals surface area contributed by atoms with Gasteiger partial charge in [-0.1, -0.05) is 42.5 Å². The van der Waals surface area contributed by atoms with Crippen molar-refractivity contribution in [1.29, 1.82) is 0 Å². The minimum absolute atomic E-state index is 0.195. The van der Waals surface area contributed by atoms with Crippen molar-refractivity contribution in [1.82, 2.24) is 4.90 Å². The summed E-state index contributed by atoms with van der Waals surface area (Å²) in [5.74, 6) is 0.883. The first-order chi connectivity index (χ1) is 15.2. The number of rotatable bonds is 5. The van der Waals surface area contributed by atoms with Crippen LogP contribution in [0.2, 0.25) is 0 Å². The Balaban J connectivity index is 1.40. The van der Waals surface area contributed by atoms with Gasteiger partial charge in [0, 0.05) is 38.0 Å². The molecule has 3 aromatic rings. The van der Waals surface area contributed by atoms with Gasteiger partial charge in [-0.05, 0) is 52.6 Å². The fraction of sp³-hybridized carbons (Fsp3) is 0.385. The van der Waals surface area contributed by atoms with Crippen LogP contribution in [0.15, 0.2) is 60.0 Å².